The van der Waals surface area contributed by atoms with E-state index in [2.05, 4.69) is 57.8 Å². The molecule has 134 valence electrons. The van der Waals surface area contributed by atoms with Gasteiger partial charge in [0.2, 0.25) is 0 Å². The van der Waals surface area contributed by atoms with E-state index in [4.69, 9.17) is 4.74 Å². The van der Waals surface area contributed by atoms with Gasteiger partial charge in [-0.1, -0.05) is 15.9 Å². The molecule has 0 spiro atoms. The summed E-state index contributed by atoms with van der Waals surface area (Å²) in [6, 6.07) is 9.20. The van der Waals surface area contributed by atoms with Crippen LogP contribution >= 0.6 is 47.8 Å². The third-order valence-corrected chi connectivity index (χ3v) is 5.07. The molecule has 1 aromatic carbocycles. The molecule has 0 saturated carbocycles. The number of rotatable bonds is 3. The summed E-state index contributed by atoms with van der Waals surface area (Å²) < 4.78 is 9.47. The summed E-state index contributed by atoms with van der Waals surface area (Å²) in [5, 5.41) is 10.1. The van der Waals surface area contributed by atoms with Crippen LogP contribution in [0.4, 0.5) is 5.82 Å². The summed E-state index contributed by atoms with van der Waals surface area (Å²) in [5.74, 6) is 1.78. The van der Waals surface area contributed by atoms with Crippen molar-refractivity contribution in [1.29, 1.82) is 0 Å². The lowest BCUT2D eigenvalue weighted by Crippen LogP contribution is -2.18. The third-order valence-electron chi connectivity index (χ3n) is 3.54. The number of aryl methyl sites for hydroxylation is 2. The molecule has 0 atom stereocenters. The molecule has 8 heteroatoms. The lowest BCUT2D eigenvalue weighted by Gasteiger charge is -2.14. The van der Waals surface area contributed by atoms with E-state index >= 15 is 0 Å². The first-order valence-electron chi connectivity index (χ1n) is 7.56. The van der Waals surface area contributed by atoms with Gasteiger partial charge in [0, 0.05) is 21.2 Å². The molecule has 0 aliphatic heterocycles. The van der Waals surface area contributed by atoms with E-state index in [1.165, 1.54) is 6.20 Å². The SMILES string of the molecule is Cc1cc(Br)cc(C)c1Oc1cc(=Nc2ccc(Br)cn2)n(O)cc1Br. The minimum absolute atomic E-state index is 0.297. The van der Waals surface area contributed by atoms with Gasteiger partial charge in [0.1, 0.15) is 11.5 Å². The van der Waals surface area contributed by atoms with Crippen LogP contribution in [-0.2, 0) is 0 Å². The van der Waals surface area contributed by atoms with Crippen molar-refractivity contribution in [3.8, 4) is 11.5 Å². The number of ether oxygens (including phenoxy) is 1. The van der Waals surface area contributed by atoms with Crippen LogP contribution in [0, 0.1) is 13.8 Å². The van der Waals surface area contributed by atoms with Crippen molar-refractivity contribution in [3.63, 3.8) is 0 Å². The Morgan fingerprint density at radius 2 is 1.73 bits per heavy atom. The van der Waals surface area contributed by atoms with Crippen molar-refractivity contribution < 1.29 is 9.94 Å². The highest BCUT2D eigenvalue weighted by Crippen LogP contribution is 2.34. The second kappa shape index (κ2) is 7.94. The molecule has 5 nitrogen and oxygen atoms in total. The first kappa shape index (κ1) is 19.1. The van der Waals surface area contributed by atoms with Crippen molar-refractivity contribution in [1.82, 2.24) is 9.71 Å². The standard InChI is InChI=1S/C18H14Br3N3O2/c1-10-5-13(20)6-11(2)18(10)26-15-7-17(24(25)9-14(15)21)23-16-4-3-12(19)8-22-16/h3-9,25H,1-2H3. The van der Waals surface area contributed by atoms with Gasteiger partial charge in [-0.3, -0.25) is 0 Å². The molecule has 0 unspecified atom stereocenters. The minimum atomic E-state index is 0.297. The molecule has 1 N–H and O–H groups in total. The molecule has 0 radical (unpaired) electrons. The Labute approximate surface area is 175 Å². The lowest BCUT2D eigenvalue weighted by molar-refractivity contribution is 0.170. The molecule has 0 aliphatic carbocycles. The van der Waals surface area contributed by atoms with Gasteiger partial charge in [-0.05, 0) is 81.1 Å². The number of halogens is 3. The Bertz CT molecular complexity index is 1010. The summed E-state index contributed by atoms with van der Waals surface area (Å²) in [6.45, 7) is 3.96. The summed E-state index contributed by atoms with van der Waals surface area (Å²) >= 11 is 10.2. The van der Waals surface area contributed by atoms with E-state index in [0.29, 0.717) is 21.5 Å². The van der Waals surface area contributed by atoms with Gasteiger partial charge >= 0.3 is 0 Å². The number of pyridine rings is 2. The highest BCUT2D eigenvalue weighted by molar-refractivity contribution is 9.11. The predicted molar refractivity (Wildman–Crippen MR) is 110 cm³/mol. The Hall–Kier alpha value is -1.64. The molecule has 26 heavy (non-hydrogen) atoms. The van der Waals surface area contributed by atoms with Crippen LogP contribution < -0.4 is 10.2 Å². The fourth-order valence-corrected chi connectivity index (χ4v) is 3.68. The zero-order valence-corrected chi connectivity index (χ0v) is 18.6. The van der Waals surface area contributed by atoms with Gasteiger partial charge in [0.15, 0.2) is 11.3 Å². The van der Waals surface area contributed by atoms with E-state index in [1.54, 1.807) is 18.3 Å². The van der Waals surface area contributed by atoms with Crippen molar-refractivity contribution in [2.24, 2.45) is 4.99 Å². The third kappa shape index (κ3) is 4.36. The first-order valence-corrected chi connectivity index (χ1v) is 9.94. The zero-order chi connectivity index (χ0) is 18.8. The Morgan fingerprint density at radius 1 is 1.04 bits per heavy atom. The van der Waals surface area contributed by atoms with E-state index in [0.717, 1.165) is 30.6 Å². The molecule has 0 fully saturated rings. The van der Waals surface area contributed by atoms with Gasteiger partial charge in [-0.25, -0.2) is 9.98 Å². The monoisotopic (exact) mass is 541 g/mol. The molecule has 0 saturated heterocycles. The van der Waals surface area contributed by atoms with Gasteiger partial charge in [0.05, 0.1) is 10.7 Å². The van der Waals surface area contributed by atoms with Crippen molar-refractivity contribution in [2.75, 3.05) is 0 Å². The molecular formula is C18H14Br3N3O2. The van der Waals surface area contributed by atoms with Crippen LogP contribution in [-0.4, -0.2) is 14.9 Å². The van der Waals surface area contributed by atoms with Gasteiger partial charge in [-0.15, -0.1) is 0 Å². The second-order valence-electron chi connectivity index (χ2n) is 5.61. The molecule has 2 heterocycles. The number of hydrogen-bond acceptors (Lipinski definition) is 4. The van der Waals surface area contributed by atoms with Gasteiger partial charge < -0.3 is 9.94 Å². The minimum Gasteiger partial charge on any atom is -0.455 e. The fourth-order valence-electron chi connectivity index (χ4n) is 2.37. The van der Waals surface area contributed by atoms with Crippen LogP contribution in [0.2, 0.25) is 0 Å². The Morgan fingerprint density at radius 3 is 2.35 bits per heavy atom. The largest absolute Gasteiger partial charge is 0.455 e. The fraction of sp³-hybridized carbons (Fsp3) is 0.111. The molecule has 3 aromatic rings. The van der Waals surface area contributed by atoms with Crippen LogP contribution in [0.15, 0.2) is 61.1 Å². The van der Waals surface area contributed by atoms with E-state index in [9.17, 15) is 5.21 Å². The highest BCUT2D eigenvalue weighted by atomic mass is 79.9. The molecule has 2 aromatic heterocycles. The zero-order valence-electron chi connectivity index (χ0n) is 13.9. The van der Waals surface area contributed by atoms with E-state index < -0.39 is 0 Å². The maximum Gasteiger partial charge on any atom is 0.173 e. The summed E-state index contributed by atoms with van der Waals surface area (Å²) in [4.78, 5) is 8.55. The maximum absolute atomic E-state index is 10.1. The summed E-state index contributed by atoms with van der Waals surface area (Å²) in [5.41, 5.74) is 2.29. The van der Waals surface area contributed by atoms with E-state index in [1.807, 2.05) is 32.0 Å². The number of benzene rings is 1. The topological polar surface area (TPSA) is 59.6 Å². The molecular weight excluding hydrogens is 530 g/mol. The second-order valence-corrected chi connectivity index (χ2v) is 8.29. The lowest BCUT2D eigenvalue weighted by atomic mass is 10.1. The average molecular weight is 544 g/mol. The normalized spacial score (nSPS) is 11.7. The van der Waals surface area contributed by atoms with Gasteiger partial charge in [0.25, 0.3) is 0 Å². The molecule has 0 bridgehead atoms. The smallest absolute Gasteiger partial charge is 0.173 e. The van der Waals surface area contributed by atoms with Crippen molar-refractivity contribution >= 4 is 53.6 Å². The Kier molecular flexibility index (Phi) is 5.84. The number of aromatic nitrogens is 2. The quantitative estimate of drug-likeness (QED) is 0.409. The predicted octanol–water partition coefficient (Wildman–Crippen LogP) is 6.05. The van der Waals surface area contributed by atoms with Crippen LogP contribution in [0.1, 0.15) is 11.1 Å². The van der Waals surface area contributed by atoms with E-state index in [-0.39, 0.29) is 0 Å². The van der Waals surface area contributed by atoms with Gasteiger partial charge in [-0.2, -0.15) is 4.73 Å². The molecule has 0 amide bonds. The highest BCUT2D eigenvalue weighted by Gasteiger charge is 2.11. The maximum atomic E-state index is 10.1. The van der Waals surface area contributed by atoms with Crippen LogP contribution in [0.25, 0.3) is 0 Å². The molecule has 0 aliphatic rings. The summed E-state index contributed by atoms with van der Waals surface area (Å²) in [6.07, 6.45) is 3.13. The Balaban J connectivity index is 2.05. The summed E-state index contributed by atoms with van der Waals surface area (Å²) in [7, 11) is 0. The van der Waals surface area contributed by atoms with Crippen molar-refractivity contribution in [3.05, 3.63) is 72.8 Å². The average Bonchev–Trinajstić information content (AvgIpc) is 2.56. The van der Waals surface area contributed by atoms with Crippen LogP contribution in [0.5, 0.6) is 11.5 Å². The van der Waals surface area contributed by atoms with Crippen LogP contribution in [0.3, 0.4) is 0 Å². The van der Waals surface area contributed by atoms with Crippen molar-refractivity contribution in [2.45, 2.75) is 13.8 Å². The first-order chi connectivity index (χ1) is 12.3. The number of nitrogens with zero attached hydrogens (tertiary/aromatic N) is 3. The number of hydrogen-bond donors (Lipinski definition) is 1. The molecule has 3 rings (SSSR count).